The molecule has 2 aromatic rings. The summed E-state index contributed by atoms with van der Waals surface area (Å²) < 4.78 is 36.3. The van der Waals surface area contributed by atoms with Gasteiger partial charge in [0.15, 0.2) is 9.84 Å². The van der Waals surface area contributed by atoms with Crippen molar-refractivity contribution in [1.82, 2.24) is 0 Å². The van der Waals surface area contributed by atoms with Gasteiger partial charge in [0.05, 0.1) is 4.90 Å². The largest absolute Gasteiger partial charge is 0.386 e. The molecule has 128 valence electrons. The quantitative estimate of drug-likeness (QED) is 0.815. The average molecular weight is 349 g/mol. The fourth-order valence-corrected chi connectivity index (χ4v) is 2.96. The van der Waals surface area contributed by atoms with Crippen LogP contribution in [0.4, 0.5) is 4.39 Å². The van der Waals surface area contributed by atoms with E-state index in [1.807, 2.05) is 30.3 Å². The predicted molar refractivity (Wildman–Crippen MR) is 92.9 cm³/mol. The molecule has 0 saturated heterocycles. The summed E-state index contributed by atoms with van der Waals surface area (Å²) in [6.45, 7) is 0.941. The minimum atomic E-state index is -3.31. The Morgan fingerprint density at radius 1 is 1.12 bits per heavy atom. The molecule has 0 aliphatic heterocycles. The molecule has 0 bridgehead atoms. The summed E-state index contributed by atoms with van der Waals surface area (Å²) in [5.41, 5.74) is 1.91. The maximum atomic E-state index is 13.4. The molecular formula is C18H20FNO3S. The second-order valence-electron chi connectivity index (χ2n) is 5.59. The van der Waals surface area contributed by atoms with E-state index in [1.165, 1.54) is 24.3 Å². The molecule has 0 fully saturated rings. The molecule has 4 nitrogen and oxygen atoms in total. The normalized spacial score (nSPS) is 15.1. The van der Waals surface area contributed by atoms with Crippen LogP contribution in [-0.2, 0) is 9.84 Å². The van der Waals surface area contributed by atoms with Gasteiger partial charge in [-0.1, -0.05) is 42.5 Å². The van der Waals surface area contributed by atoms with E-state index in [0.29, 0.717) is 11.3 Å². The van der Waals surface area contributed by atoms with Crippen molar-refractivity contribution in [2.45, 2.75) is 24.0 Å². The number of rotatable bonds is 6. The Balaban J connectivity index is 2.24. The summed E-state index contributed by atoms with van der Waals surface area (Å²) in [6.07, 6.45) is -0.0432. The highest BCUT2D eigenvalue weighted by molar-refractivity contribution is 7.90. The lowest BCUT2D eigenvalue weighted by Crippen LogP contribution is -2.20. The number of alkyl halides is 1. The van der Waals surface area contributed by atoms with Gasteiger partial charge in [0, 0.05) is 12.0 Å². The Morgan fingerprint density at radius 2 is 1.71 bits per heavy atom. The minimum absolute atomic E-state index is 0.152. The van der Waals surface area contributed by atoms with Crippen molar-refractivity contribution in [1.29, 1.82) is 0 Å². The summed E-state index contributed by atoms with van der Waals surface area (Å²) in [6, 6.07) is 14.1. The highest BCUT2D eigenvalue weighted by Crippen LogP contribution is 2.22. The molecular weight excluding hydrogens is 329 g/mol. The number of sulfone groups is 1. The molecule has 0 aliphatic rings. The first-order chi connectivity index (χ1) is 11.3. The Labute approximate surface area is 141 Å². The van der Waals surface area contributed by atoms with Crippen LogP contribution >= 0.6 is 0 Å². The minimum Gasteiger partial charge on any atom is -0.386 e. The van der Waals surface area contributed by atoms with Gasteiger partial charge < -0.3 is 5.11 Å². The summed E-state index contributed by atoms with van der Waals surface area (Å²) >= 11 is 0. The van der Waals surface area contributed by atoms with E-state index in [9.17, 15) is 17.9 Å². The van der Waals surface area contributed by atoms with Gasteiger partial charge in [0.1, 0.15) is 18.8 Å². The van der Waals surface area contributed by atoms with Crippen molar-refractivity contribution in [3.8, 4) is 0 Å². The molecule has 0 radical (unpaired) electrons. The molecule has 0 aliphatic carbocycles. The highest BCUT2D eigenvalue weighted by atomic mass is 32.2. The van der Waals surface area contributed by atoms with Gasteiger partial charge >= 0.3 is 0 Å². The van der Waals surface area contributed by atoms with E-state index in [4.69, 9.17) is 0 Å². The summed E-state index contributed by atoms with van der Waals surface area (Å²) in [7, 11) is -3.31. The number of hydrogen-bond acceptors (Lipinski definition) is 4. The summed E-state index contributed by atoms with van der Waals surface area (Å²) in [5.74, 6) is 0. The van der Waals surface area contributed by atoms with Gasteiger partial charge in [0.2, 0.25) is 0 Å². The van der Waals surface area contributed by atoms with Gasteiger partial charge in [-0.2, -0.15) is 0 Å². The van der Waals surface area contributed by atoms with Crippen molar-refractivity contribution in [3.63, 3.8) is 0 Å². The molecule has 0 heterocycles. The topological polar surface area (TPSA) is 66.7 Å². The highest BCUT2D eigenvalue weighted by Gasteiger charge is 2.21. The van der Waals surface area contributed by atoms with Crippen LogP contribution in [0.25, 0.3) is 0 Å². The molecule has 0 amide bonds. The van der Waals surface area contributed by atoms with E-state index in [-0.39, 0.29) is 4.90 Å². The Hall–Kier alpha value is -2.05. The van der Waals surface area contributed by atoms with Crippen LogP contribution in [0, 0.1) is 0 Å². The Kier molecular flexibility index (Phi) is 5.85. The zero-order valence-electron chi connectivity index (χ0n) is 13.6. The zero-order chi connectivity index (χ0) is 17.7. The third kappa shape index (κ3) is 4.49. The standard InChI is InChI=1S/C18H20FNO3S/c1-13(14-6-4-3-5-7-14)20-17(12-19)18(21)15-8-10-16(11-9-15)24(2,22)23/h3-11,17-18,21H,12H2,1-2H3/t17-,18-/m1/s1. The van der Waals surface area contributed by atoms with Crippen molar-refractivity contribution >= 4 is 15.5 Å². The van der Waals surface area contributed by atoms with Crippen molar-refractivity contribution in [2.24, 2.45) is 4.99 Å². The average Bonchev–Trinajstić information content (AvgIpc) is 2.59. The number of aliphatic imine (C=N–C) groups is 1. The Morgan fingerprint density at radius 3 is 2.21 bits per heavy atom. The molecule has 0 saturated carbocycles. The van der Waals surface area contributed by atoms with Crippen LogP contribution in [-0.4, -0.2) is 38.2 Å². The van der Waals surface area contributed by atoms with Crippen LogP contribution in [0.2, 0.25) is 0 Å². The van der Waals surface area contributed by atoms with Crippen molar-refractivity contribution in [2.75, 3.05) is 12.9 Å². The SMILES string of the molecule is CC(=N[C@H](CF)[C@H](O)c1ccc(S(C)(=O)=O)cc1)c1ccccc1. The fourth-order valence-electron chi connectivity index (χ4n) is 2.33. The fraction of sp³-hybridized carbons (Fsp3) is 0.278. The predicted octanol–water partition coefficient (Wildman–Crippen LogP) is 2.97. The lowest BCUT2D eigenvalue weighted by atomic mass is 10.0. The number of benzene rings is 2. The van der Waals surface area contributed by atoms with Crippen LogP contribution in [0.1, 0.15) is 24.2 Å². The first kappa shape index (κ1) is 18.3. The van der Waals surface area contributed by atoms with E-state index >= 15 is 0 Å². The van der Waals surface area contributed by atoms with Gasteiger partial charge in [-0.05, 0) is 30.2 Å². The van der Waals surface area contributed by atoms with Crippen LogP contribution in [0.15, 0.2) is 64.5 Å². The van der Waals surface area contributed by atoms with Crippen molar-refractivity contribution in [3.05, 3.63) is 65.7 Å². The van der Waals surface area contributed by atoms with Crippen molar-refractivity contribution < 1.29 is 17.9 Å². The number of halogens is 1. The van der Waals surface area contributed by atoms with Crippen LogP contribution < -0.4 is 0 Å². The number of aliphatic hydroxyl groups excluding tert-OH is 1. The molecule has 0 spiro atoms. The lowest BCUT2D eigenvalue weighted by molar-refractivity contribution is 0.133. The molecule has 1 N–H and O–H groups in total. The van der Waals surface area contributed by atoms with E-state index in [1.54, 1.807) is 6.92 Å². The molecule has 2 rings (SSSR count). The lowest BCUT2D eigenvalue weighted by Gasteiger charge is -2.18. The first-order valence-corrected chi connectivity index (χ1v) is 9.36. The number of nitrogens with zero attached hydrogens (tertiary/aromatic N) is 1. The maximum Gasteiger partial charge on any atom is 0.175 e. The monoisotopic (exact) mass is 349 g/mol. The molecule has 2 aromatic carbocycles. The number of hydrogen-bond donors (Lipinski definition) is 1. The second-order valence-corrected chi connectivity index (χ2v) is 7.60. The molecule has 24 heavy (non-hydrogen) atoms. The summed E-state index contributed by atoms with van der Waals surface area (Å²) in [4.78, 5) is 4.44. The van der Waals surface area contributed by atoms with Gasteiger partial charge in [-0.15, -0.1) is 0 Å². The van der Waals surface area contributed by atoms with Crippen LogP contribution in [0.5, 0.6) is 0 Å². The van der Waals surface area contributed by atoms with Gasteiger partial charge in [0.25, 0.3) is 0 Å². The van der Waals surface area contributed by atoms with Gasteiger partial charge in [-0.25, -0.2) is 12.8 Å². The van der Waals surface area contributed by atoms with E-state index in [0.717, 1.165) is 11.8 Å². The first-order valence-electron chi connectivity index (χ1n) is 7.47. The maximum absolute atomic E-state index is 13.4. The van der Waals surface area contributed by atoms with E-state index < -0.39 is 28.7 Å². The molecule has 0 aromatic heterocycles. The second kappa shape index (κ2) is 7.68. The van der Waals surface area contributed by atoms with Gasteiger partial charge in [-0.3, -0.25) is 4.99 Å². The molecule has 6 heteroatoms. The smallest absolute Gasteiger partial charge is 0.175 e. The third-order valence-corrected chi connectivity index (χ3v) is 4.85. The zero-order valence-corrected chi connectivity index (χ0v) is 14.4. The molecule has 0 unspecified atom stereocenters. The van der Waals surface area contributed by atoms with E-state index in [2.05, 4.69) is 4.99 Å². The third-order valence-electron chi connectivity index (χ3n) is 3.72. The Bertz CT molecular complexity index is 802. The molecule has 2 atom stereocenters. The van der Waals surface area contributed by atoms with Crippen LogP contribution in [0.3, 0.4) is 0 Å². The summed E-state index contributed by atoms with van der Waals surface area (Å²) in [5, 5.41) is 10.4. The number of aliphatic hydroxyl groups is 1.